The van der Waals surface area contributed by atoms with Crippen molar-refractivity contribution < 1.29 is 4.79 Å². The molecule has 3 nitrogen and oxygen atoms in total. The van der Waals surface area contributed by atoms with Crippen molar-refractivity contribution in [2.24, 2.45) is 0 Å². The summed E-state index contributed by atoms with van der Waals surface area (Å²) in [4.78, 5) is 16.5. The van der Waals surface area contributed by atoms with Crippen LogP contribution in [0.3, 0.4) is 0 Å². The van der Waals surface area contributed by atoms with Gasteiger partial charge >= 0.3 is 0 Å². The first-order valence-electron chi connectivity index (χ1n) is 5.95. The average molecular weight is 268 g/mol. The van der Waals surface area contributed by atoms with Crippen molar-refractivity contribution in [1.29, 1.82) is 0 Å². The third kappa shape index (κ3) is 2.35. The molecule has 0 aliphatic rings. The van der Waals surface area contributed by atoms with Crippen molar-refractivity contribution in [3.63, 3.8) is 0 Å². The molecule has 1 amide bonds. The first-order chi connectivity index (χ1) is 9.24. The van der Waals surface area contributed by atoms with Gasteiger partial charge in [0.25, 0.3) is 5.91 Å². The first kappa shape index (κ1) is 11.9. The molecular formula is C15H12N2OS. The van der Waals surface area contributed by atoms with Gasteiger partial charge in [-0.15, -0.1) is 11.3 Å². The molecule has 2 aromatic carbocycles. The molecule has 0 spiro atoms. The van der Waals surface area contributed by atoms with Crippen LogP contribution in [-0.2, 0) is 0 Å². The maximum Gasteiger partial charge on any atom is 0.258 e. The zero-order chi connectivity index (χ0) is 13.2. The molecule has 0 unspecified atom stereocenters. The average Bonchev–Trinajstić information content (AvgIpc) is 2.83. The van der Waals surface area contributed by atoms with Crippen molar-refractivity contribution in [2.45, 2.75) is 6.92 Å². The normalized spacial score (nSPS) is 10.6. The highest BCUT2D eigenvalue weighted by atomic mass is 32.1. The Morgan fingerprint density at radius 2 is 1.95 bits per heavy atom. The Balaban J connectivity index is 1.97. The van der Waals surface area contributed by atoms with Gasteiger partial charge in [0.2, 0.25) is 0 Å². The maximum absolute atomic E-state index is 12.3. The number of rotatable bonds is 2. The largest absolute Gasteiger partial charge is 0.298 e. The van der Waals surface area contributed by atoms with Gasteiger partial charge in [-0.25, -0.2) is 4.98 Å². The highest BCUT2D eigenvalue weighted by Crippen LogP contribution is 2.21. The molecule has 1 heterocycles. The summed E-state index contributed by atoms with van der Waals surface area (Å²) in [7, 11) is 0. The lowest BCUT2D eigenvalue weighted by Crippen LogP contribution is -2.12. The quantitative estimate of drug-likeness (QED) is 0.767. The smallest absolute Gasteiger partial charge is 0.258 e. The lowest BCUT2D eigenvalue weighted by atomic mass is 10.0. The second-order valence-electron chi connectivity index (χ2n) is 4.27. The Kier molecular flexibility index (Phi) is 3.01. The second-order valence-corrected chi connectivity index (χ2v) is 5.13. The molecule has 0 aliphatic heterocycles. The molecule has 0 radical (unpaired) electrons. The topological polar surface area (TPSA) is 42.0 Å². The molecule has 0 bridgehead atoms. The first-order valence-corrected chi connectivity index (χ1v) is 6.83. The Morgan fingerprint density at radius 1 is 1.16 bits per heavy atom. The highest BCUT2D eigenvalue weighted by Gasteiger charge is 2.11. The molecule has 0 atom stereocenters. The molecule has 0 fully saturated rings. The molecule has 94 valence electrons. The van der Waals surface area contributed by atoms with Crippen LogP contribution in [0.25, 0.3) is 10.8 Å². The number of amides is 1. The number of carbonyl (C=O) groups is 1. The number of fused-ring (bicyclic) bond motifs is 1. The van der Waals surface area contributed by atoms with E-state index in [-0.39, 0.29) is 5.91 Å². The number of carbonyl (C=O) groups excluding carboxylic acids is 1. The van der Waals surface area contributed by atoms with Gasteiger partial charge in [0.15, 0.2) is 5.13 Å². The van der Waals surface area contributed by atoms with E-state index >= 15 is 0 Å². The summed E-state index contributed by atoms with van der Waals surface area (Å²) in [5, 5.41) is 7.40. The number of thiazole rings is 1. The summed E-state index contributed by atoms with van der Waals surface area (Å²) >= 11 is 1.43. The number of nitrogens with zero attached hydrogens (tertiary/aromatic N) is 1. The van der Waals surface area contributed by atoms with E-state index in [1.165, 1.54) is 11.3 Å². The Morgan fingerprint density at radius 3 is 2.74 bits per heavy atom. The van der Waals surface area contributed by atoms with Crippen molar-refractivity contribution in [3.8, 4) is 0 Å². The summed E-state index contributed by atoms with van der Waals surface area (Å²) in [6, 6.07) is 13.6. The number of nitrogens with one attached hydrogen (secondary N) is 1. The monoisotopic (exact) mass is 268 g/mol. The lowest BCUT2D eigenvalue weighted by Gasteiger charge is -2.05. The highest BCUT2D eigenvalue weighted by molar-refractivity contribution is 7.13. The molecule has 0 saturated heterocycles. The zero-order valence-corrected chi connectivity index (χ0v) is 11.2. The van der Waals surface area contributed by atoms with Crippen LogP contribution in [0.15, 0.2) is 47.8 Å². The summed E-state index contributed by atoms with van der Waals surface area (Å²) in [5.74, 6) is -0.119. The van der Waals surface area contributed by atoms with Crippen molar-refractivity contribution >= 4 is 33.1 Å². The summed E-state index contributed by atoms with van der Waals surface area (Å²) in [6.07, 6.45) is 0. The van der Waals surface area contributed by atoms with Crippen LogP contribution in [0.5, 0.6) is 0 Å². The van der Waals surface area contributed by atoms with Gasteiger partial charge in [0, 0.05) is 10.9 Å². The van der Waals surface area contributed by atoms with E-state index in [2.05, 4.69) is 10.3 Å². The van der Waals surface area contributed by atoms with Crippen molar-refractivity contribution in [1.82, 2.24) is 4.98 Å². The van der Waals surface area contributed by atoms with Gasteiger partial charge in [-0.1, -0.05) is 36.4 Å². The summed E-state index contributed by atoms with van der Waals surface area (Å²) < 4.78 is 0. The van der Waals surface area contributed by atoms with Gasteiger partial charge in [-0.2, -0.15) is 0 Å². The van der Waals surface area contributed by atoms with Crippen LogP contribution in [0, 0.1) is 6.92 Å². The zero-order valence-electron chi connectivity index (χ0n) is 10.4. The predicted octanol–water partition coefficient (Wildman–Crippen LogP) is 3.86. The molecule has 4 heteroatoms. The van der Waals surface area contributed by atoms with E-state index in [9.17, 15) is 4.79 Å². The minimum Gasteiger partial charge on any atom is -0.298 e. The van der Waals surface area contributed by atoms with Crippen LogP contribution in [-0.4, -0.2) is 10.9 Å². The SMILES string of the molecule is Cc1csc(NC(=O)c2cccc3ccccc23)n1. The third-order valence-corrected chi connectivity index (χ3v) is 3.75. The minimum absolute atomic E-state index is 0.119. The van der Waals surface area contributed by atoms with Crippen LogP contribution in [0.1, 0.15) is 16.1 Å². The molecule has 0 aliphatic carbocycles. The van der Waals surface area contributed by atoms with Crippen LogP contribution in [0.2, 0.25) is 0 Å². The molecule has 3 rings (SSSR count). The fourth-order valence-corrected chi connectivity index (χ4v) is 2.68. The Bertz CT molecular complexity index is 743. The fourth-order valence-electron chi connectivity index (χ4n) is 2.00. The van der Waals surface area contributed by atoms with Crippen molar-refractivity contribution in [2.75, 3.05) is 5.32 Å². The standard InChI is InChI=1S/C15H12N2OS/c1-10-9-19-15(16-10)17-14(18)13-8-4-6-11-5-2-3-7-12(11)13/h2-9H,1H3,(H,16,17,18). The number of benzene rings is 2. The molecule has 19 heavy (non-hydrogen) atoms. The second kappa shape index (κ2) is 4.82. The molecule has 3 aromatic rings. The third-order valence-electron chi connectivity index (χ3n) is 2.87. The van der Waals surface area contributed by atoms with Gasteiger partial charge in [-0.3, -0.25) is 10.1 Å². The minimum atomic E-state index is -0.119. The van der Waals surface area contributed by atoms with E-state index < -0.39 is 0 Å². The maximum atomic E-state index is 12.3. The molecule has 0 saturated carbocycles. The van der Waals surface area contributed by atoms with Gasteiger partial charge in [0.1, 0.15) is 0 Å². The summed E-state index contributed by atoms with van der Waals surface area (Å²) in [6.45, 7) is 1.91. The van der Waals surface area contributed by atoms with Crippen LogP contribution < -0.4 is 5.32 Å². The predicted molar refractivity (Wildman–Crippen MR) is 78.8 cm³/mol. The van der Waals surface area contributed by atoms with Gasteiger partial charge in [-0.05, 0) is 23.8 Å². The molecule has 1 N–H and O–H groups in total. The fraction of sp³-hybridized carbons (Fsp3) is 0.0667. The van der Waals surface area contributed by atoms with Crippen LogP contribution in [0.4, 0.5) is 5.13 Å². The van der Waals surface area contributed by atoms with Crippen molar-refractivity contribution in [3.05, 3.63) is 59.1 Å². The van der Waals surface area contributed by atoms with Gasteiger partial charge in [0.05, 0.1) is 5.69 Å². The number of aromatic nitrogens is 1. The number of hydrogen-bond donors (Lipinski definition) is 1. The number of hydrogen-bond acceptors (Lipinski definition) is 3. The van der Waals surface area contributed by atoms with Crippen LogP contribution >= 0.6 is 11.3 Å². The van der Waals surface area contributed by atoms with E-state index in [1.54, 1.807) is 0 Å². The Labute approximate surface area is 114 Å². The molecular weight excluding hydrogens is 256 g/mol. The Hall–Kier alpha value is -2.20. The van der Waals surface area contributed by atoms with E-state index in [0.29, 0.717) is 10.7 Å². The lowest BCUT2D eigenvalue weighted by molar-refractivity contribution is 0.102. The van der Waals surface area contributed by atoms with Gasteiger partial charge < -0.3 is 0 Å². The number of aryl methyl sites for hydroxylation is 1. The summed E-state index contributed by atoms with van der Waals surface area (Å²) in [5.41, 5.74) is 1.59. The number of anilines is 1. The van der Waals surface area contributed by atoms with E-state index in [4.69, 9.17) is 0 Å². The van der Waals surface area contributed by atoms with E-state index in [0.717, 1.165) is 16.5 Å². The van der Waals surface area contributed by atoms with E-state index in [1.807, 2.05) is 54.8 Å². The molecule has 1 aromatic heterocycles.